The summed E-state index contributed by atoms with van der Waals surface area (Å²) in [6.45, 7) is 0. The van der Waals surface area contributed by atoms with Crippen LogP contribution >= 0.6 is 11.6 Å². The number of aromatic hydroxyl groups is 1. The van der Waals surface area contributed by atoms with Gasteiger partial charge in [-0.25, -0.2) is 4.79 Å². The lowest BCUT2D eigenvalue weighted by atomic mass is 10.2. The number of pyridine rings is 1. The Bertz CT molecular complexity index is 449. The predicted octanol–water partition coefficient (Wildman–Crippen LogP) is 2.12. The molecule has 0 aliphatic rings. The van der Waals surface area contributed by atoms with Gasteiger partial charge < -0.3 is 14.9 Å². The topological polar surface area (TPSA) is 79.7 Å². The zero-order valence-corrected chi connectivity index (χ0v) is 8.71. The minimum atomic E-state index is -5.13. The van der Waals surface area contributed by atoms with Crippen molar-refractivity contribution in [2.45, 2.75) is 12.2 Å². The van der Waals surface area contributed by atoms with E-state index in [-0.39, 0.29) is 5.69 Å². The number of alkyl halides is 4. The van der Waals surface area contributed by atoms with Crippen LogP contribution in [0.5, 0.6) is 11.5 Å². The van der Waals surface area contributed by atoms with Gasteiger partial charge in [0.1, 0.15) is 5.56 Å². The Morgan fingerprint density at radius 1 is 1.53 bits per heavy atom. The van der Waals surface area contributed by atoms with Crippen molar-refractivity contribution in [3.63, 3.8) is 0 Å². The zero-order chi connectivity index (χ0) is 13.2. The molecule has 0 saturated carbocycles. The largest absolute Gasteiger partial charge is 0.573 e. The lowest BCUT2D eigenvalue weighted by Gasteiger charge is -2.13. The average Bonchev–Trinajstić information content (AvgIpc) is 2.18. The maximum atomic E-state index is 12.0. The maximum Gasteiger partial charge on any atom is 0.573 e. The second kappa shape index (κ2) is 4.66. The second-order valence-corrected chi connectivity index (χ2v) is 3.05. The molecule has 0 aromatic carbocycles. The van der Waals surface area contributed by atoms with Crippen molar-refractivity contribution in [3.8, 4) is 11.5 Å². The second-order valence-electron chi connectivity index (χ2n) is 2.78. The van der Waals surface area contributed by atoms with E-state index in [2.05, 4.69) is 9.72 Å². The Labute approximate surface area is 97.4 Å². The molecule has 0 saturated heterocycles. The number of ether oxygens (including phenoxy) is 1. The number of aromatic nitrogens is 1. The van der Waals surface area contributed by atoms with E-state index in [1.807, 2.05) is 0 Å². The summed E-state index contributed by atoms with van der Waals surface area (Å²) in [4.78, 5) is 14.2. The molecule has 0 spiro atoms. The highest BCUT2D eigenvalue weighted by molar-refractivity contribution is 6.17. The molecule has 0 radical (unpaired) electrons. The van der Waals surface area contributed by atoms with Crippen LogP contribution in [-0.2, 0) is 5.88 Å². The van der Waals surface area contributed by atoms with Gasteiger partial charge in [0.2, 0.25) is 0 Å². The van der Waals surface area contributed by atoms with Gasteiger partial charge in [-0.3, -0.25) is 4.98 Å². The first-order chi connectivity index (χ1) is 7.76. The van der Waals surface area contributed by atoms with E-state index in [1.165, 1.54) is 0 Å². The Kier molecular flexibility index (Phi) is 3.66. The first kappa shape index (κ1) is 13.4. The minimum absolute atomic E-state index is 0.337. The van der Waals surface area contributed by atoms with E-state index >= 15 is 0 Å². The maximum absolute atomic E-state index is 12.0. The number of carboxylic acid groups (broad SMARTS) is 1. The average molecular weight is 272 g/mol. The Balaban J connectivity index is 3.39. The summed E-state index contributed by atoms with van der Waals surface area (Å²) in [5.74, 6) is -4.43. The van der Waals surface area contributed by atoms with Crippen molar-refractivity contribution >= 4 is 17.6 Å². The van der Waals surface area contributed by atoms with Crippen molar-refractivity contribution < 1.29 is 32.9 Å². The first-order valence-corrected chi connectivity index (χ1v) is 4.55. The molecular weight excluding hydrogens is 267 g/mol. The summed E-state index contributed by atoms with van der Waals surface area (Å²) in [6, 6.07) is 0. The highest BCUT2D eigenvalue weighted by Gasteiger charge is 2.35. The van der Waals surface area contributed by atoms with E-state index in [0.29, 0.717) is 6.20 Å². The van der Waals surface area contributed by atoms with Crippen molar-refractivity contribution in [2.75, 3.05) is 0 Å². The number of carboxylic acids is 1. The van der Waals surface area contributed by atoms with Gasteiger partial charge in [0.05, 0.1) is 17.8 Å². The van der Waals surface area contributed by atoms with E-state index in [1.54, 1.807) is 0 Å². The molecule has 1 rings (SSSR count). The van der Waals surface area contributed by atoms with Gasteiger partial charge in [-0.1, -0.05) is 0 Å². The summed E-state index contributed by atoms with van der Waals surface area (Å²) < 4.78 is 39.5. The number of hydrogen-bond donors (Lipinski definition) is 2. The number of nitrogens with zero attached hydrogens (tertiary/aromatic N) is 1. The van der Waals surface area contributed by atoms with Crippen LogP contribution in [-0.4, -0.2) is 27.5 Å². The van der Waals surface area contributed by atoms with Gasteiger partial charge in [-0.15, -0.1) is 24.8 Å². The summed E-state index contributed by atoms with van der Waals surface area (Å²) in [6.07, 6.45) is -4.50. The van der Waals surface area contributed by atoms with Crippen LogP contribution in [0.25, 0.3) is 0 Å². The molecule has 0 amide bonds. The number of aromatic carboxylic acids is 1. The lowest BCUT2D eigenvalue weighted by Crippen LogP contribution is -2.20. The van der Waals surface area contributed by atoms with Crippen LogP contribution in [0.15, 0.2) is 6.20 Å². The fraction of sp³-hybridized carbons (Fsp3) is 0.250. The van der Waals surface area contributed by atoms with Crippen LogP contribution in [0, 0.1) is 0 Å². The molecule has 1 aromatic rings. The van der Waals surface area contributed by atoms with Gasteiger partial charge in [-0.05, 0) is 0 Å². The Morgan fingerprint density at radius 2 is 2.12 bits per heavy atom. The predicted molar refractivity (Wildman–Crippen MR) is 49.1 cm³/mol. The van der Waals surface area contributed by atoms with E-state index in [9.17, 15) is 18.0 Å². The molecule has 5 nitrogen and oxygen atoms in total. The Hall–Kier alpha value is -1.70. The van der Waals surface area contributed by atoms with Crippen molar-refractivity contribution in [1.82, 2.24) is 4.98 Å². The smallest absolute Gasteiger partial charge is 0.503 e. The molecule has 1 aromatic heterocycles. The molecule has 0 atom stereocenters. The molecule has 94 valence electrons. The van der Waals surface area contributed by atoms with Gasteiger partial charge in [0, 0.05) is 0 Å². The zero-order valence-electron chi connectivity index (χ0n) is 7.95. The molecule has 0 bridgehead atoms. The molecule has 0 unspecified atom stereocenters. The van der Waals surface area contributed by atoms with E-state index in [0.717, 1.165) is 0 Å². The van der Waals surface area contributed by atoms with E-state index in [4.69, 9.17) is 21.8 Å². The Morgan fingerprint density at radius 3 is 2.53 bits per heavy atom. The molecule has 0 aliphatic carbocycles. The third-order valence-corrected chi connectivity index (χ3v) is 1.90. The molecule has 0 aliphatic heterocycles. The summed E-state index contributed by atoms with van der Waals surface area (Å²) in [5, 5.41) is 17.9. The van der Waals surface area contributed by atoms with Crippen LogP contribution in [0.3, 0.4) is 0 Å². The number of rotatable bonds is 3. The van der Waals surface area contributed by atoms with Crippen LogP contribution in [0.1, 0.15) is 16.1 Å². The third-order valence-electron chi connectivity index (χ3n) is 1.65. The molecule has 9 heteroatoms. The fourth-order valence-corrected chi connectivity index (χ4v) is 1.26. The van der Waals surface area contributed by atoms with Crippen molar-refractivity contribution in [3.05, 3.63) is 17.5 Å². The van der Waals surface area contributed by atoms with Crippen LogP contribution in [0.4, 0.5) is 13.2 Å². The van der Waals surface area contributed by atoms with Crippen LogP contribution < -0.4 is 4.74 Å². The molecule has 1 heterocycles. The highest BCUT2D eigenvalue weighted by Crippen LogP contribution is 2.36. The van der Waals surface area contributed by atoms with Gasteiger partial charge in [0.15, 0.2) is 11.5 Å². The van der Waals surface area contributed by atoms with E-state index < -0.39 is 35.3 Å². The molecule has 0 fully saturated rings. The standard InChI is InChI=1S/C8H5ClF3NO4/c9-1-3-5(7(15)16)6(4(14)2-13-3)17-8(10,11)12/h2,14H,1H2,(H,15,16). The van der Waals surface area contributed by atoms with Gasteiger partial charge in [-0.2, -0.15) is 0 Å². The minimum Gasteiger partial charge on any atom is -0.503 e. The lowest BCUT2D eigenvalue weighted by molar-refractivity contribution is -0.275. The highest BCUT2D eigenvalue weighted by atomic mass is 35.5. The first-order valence-electron chi connectivity index (χ1n) is 4.02. The monoisotopic (exact) mass is 271 g/mol. The van der Waals surface area contributed by atoms with Crippen molar-refractivity contribution in [1.29, 1.82) is 0 Å². The van der Waals surface area contributed by atoms with Crippen molar-refractivity contribution in [2.24, 2.45) is 0 Å². The summed E-state index contributed by atoms with van der Waals surface area (Å²) >= 11 is 5.33. The third kappa shape index (κ3) is 3.13. The molecular formula is C8H5ClF3NO4. The van der Waals surface area contributed by atoms with Gasteiger partial charge >= 0.3 is 12.3 Å². The fourth-order valence-electron chi connectivity index (χ4n) is 1.06. The normalized spacial score (nSPS) is 11.3. The SMILES string of the molecule is O=C(O)c1c(CCl)ncc(O)c1OC(F)(F)F. The molecule has 17 heavy (non-hydrogen) atoms. The molecule has 2 N–H and O–H groups in total. The number of hydrogen-bond acceptors (Lipinski definition) is 4. The van der Waals surface area contributed by atoms with Crippen LogP contribution in [0.2, 0.25) is 0 Å². The summed E-state index contributed by atoms with van der Waals surface area (Å²) in [7, 11) is 0. The number of carbonyl (C=O) groups is 1. The quantitative estimate of drug-likeness (QED) is 0.823. The summed E-state index contributed by atoms with van der Waals surface area (Å²) in [5.41, 5.74) is -1.26. The van der Waals surface area contributed by atoms with Gasteiger partial charge in [0.25, 0.3) is 0 Å². The number of halogens is 4.